The minimum absolute atomic E-state index is 0.0159. The van der Waals surface area contributed by atoms with Gasteiger partial charge in [0.1, 0.15) is 0 Å². The highest BCUT2D eigenvalue weighted by Gasteiger charge is 2.23. The van der Waals surface area contributed by atoms with Crippen molar-refractivity contribution >= 4 is 23.8 Å². The molecule has 2 fully saturated rings. The van der Waals surface area contributed by atoms with E-state index in [0.717, 1.165) is 13.1 Å². The molecule has 0 spiro atoms. The molecule has 0 saturated carbocycles. The van der Waals surface area contributed by atoms with E-state index in [4.69, 9.17) is 4.74 Å². The molecule has 9 heteroatoms. The summed E-state index contributed by atoms with van der Waals surface area (Å²) in [5, 5.41) is 8.90. The lowest BCUT2D eigenvalue weighted by Crippen LogP contribution is -2.37. The number of hydrogen-bond acceptors (Lipinski definition) is 8. The molecule has 0 aliphatic carbocycles. The van der Waals surface area contributed by atoms with Crippen molar-refractivity contribution in [2.45, 2.75) is 12.5 Å². The number of carbonyl (C=O) groups is 1. The normalized spacial score (nSPS) is 22.0. The highest BCUT2D eigenvalue weighted by molar-refractivity contribution is 5.79. The van der Waals surface area contributed by atoms with Gasteiger partial charge >= 0.3 is 0 Å². The molecule has 21 heavy (non-hydrogen) atoms. The zero-order valence-corrected chi connectivity index (χ0v) is 11.9. The van der Waals surface area contributed by atoms with Crippen molar-refractivity contribution in [3.8, 4) is 0 Å². The summed E-state index contributed by atoms with van der Waals surface area (Å²) in [4.78, 5) is 26.4. The quantitative estimate of drug-likeness (QED) is 0.653. The minimum atomic E-state index is 0.0159. The molecule has 9 nitrogen and oxygen atoms in total. The van der Waals surface area contributed by atoms with Crippen LogP contribution >= 0.6 is 0 Å². The average molecular weight is 293 g/mol. The van der Waals surface area contributed by atoms with Gasteiger partial charge in [-0.15, -0.1) is 0 Å². The Hall–Kier alpha value is -2.16. The number of ether oxygens (including phenoxy) is 1. The van der Waals surface area contributed by atoms with Gasteiger partial charge in [0.15, 0.2) is 0 Å². The van der Waals surface area contributed by atoms with Crippen molar-refractivity contribution in [3.05, 3.63) is 0 Å². The van der Waals surface area contributed by atoms with Gasteiger partial charge in [-0.05, 0) is 0 Å². The number of anilines is 3. The van der Waals surface area contributed by atoms with E-state index in [0.29, 0.717) is 44.0 Å². The lowest BCUT2D eigenvalue weighted by atomic mass is 10.3. The molecular formula is C12H19N7O2. The van der Waals surface area contributed by atoms with E-state index in [2.05, 4.69) is 35.8 Å². The Morgan fingerprint density at radius 2 is 2.00 bits per heavy atom. The molecule has 2 aliphatic heterocycles. The molecule has 1 aromatic rings. The molecule has 1 amide bonds. The van der Waals surface area contributed by atoms with E-state index in [1.165, 1.54) is 0 Å². The first-order valence-electron chi connectivity index (χ1n) is 7.04. The molecule has 0 radical (unpaired) electrons. The van der Waals surface area contributed by atoms with Crippen LogP contribution < -0.4 is 20.9 Å². The maximum absolute atomic E-state index is 11.2. The second-order valence-electron chi connectivity index (χ2n) is 4.98. The van der Waals surface area contributed by atoms with Gasteiger partial charge in [0.05, 0.1) is 19.3 Å². The largest absolute Gasteiger partial charge is 0.378 e. The summed E-state index contributed by atoms with van der Waals surface area (Å²) >= 11 is 0. The van der Waals surface area contributed by atoms with Gasteiger partial charge in [-0.25, -0.2) is 0 Å². The Morgan fingerprint density at radius 3 is 2.67 bits per heavy atom. The van der Waals surface area contributed by atoms with E-state index < -0.39 is 0 Å². The monoisotopic (exact) mass is 293 g/mol. The number of hydrogen-bond donors (Lipinski definition) is 3. The minimum Gasteiger partial charge on any atom is -0.378 e. The first-order valence-corrected chi connectivity index (χ1v) is 7.04. The molecule has 3 N–H and O–H groups in total. The third-order valence-corrected chi connectivity index (χ3v) is 3.45. The summed E-state index contributed by atoms with van der Waals surface area (Å²) in [6, 6.07) is 0.0159. The van der Waals surface area contributed by atoms with Crippen molar-refractivity contribution in [1.29, 1.82) is 0 Å². The fourth-order valence-corrected chi connectivity index (χ4v) is 2.34. The van der Waals surface area contributed by atoms with E-state index >= 15 is 0 Å². The standard InChI is InChI=1S/C12H19N7O2/c1-13-10-16-11(15-8-6-9(20)14-7-8)18-12(17-10)19-2-4-21-5-3-19/h8H,2-7H2,1H3,(H,14,20)(H2,13,15,16,17,18). The first kappa shape index (κ1) is 13.8. The molecule has 0 aromatic carbocycles. The van der Waals surface area contributed by atoms with Crippen LogP contribution in [0.15, 0.2) is 0 Å². The number of carbonyl (C=O) groups excluding carboxylic acids is 1. The molecule has 0 bridgehead atoms. The van der Waals surface area contributed by atoms with Crippen LogP contribution in [0.25, 0.3) is 0 Å². The zero-order valence-electron chi connectivity index (χ0n) is 11.9. The Balaban J connectivity index is 1.77. The third kappa shape index (κ3) is 3.30. The van der Waals surface area contributed by atoms with Gasteiger partial charge in [0, 0.05) is 33.1 Å². The highest BCUT2D eigenvalue weighted by Crippen LogP contribution is 2.16. The number of rotatable bonds is 4. The molecule has 3 rings (SSSR count). The predicted molar refractivity (Wildman–Crippen MR) is 77.4 cm³/mol. The lowest BCUT2D eigenvalue weighted by molar-refractivity contribution is -0.119. The van der Waals surface area contributed by atoms with Crippen LogP contribution in [0.2, 0.25) is 0 Å². The average Bonchev–Trinajstić information content (AvgIpc) is 2.93. The van der Waals surface area contributed by atoms with Crippen LogP contribution in [-0.2, 0) is 9.53 Å². The van der Waals surface area contributed by atoms with E-state index in [-0.39, 0.29) is 11.9 Å². The van der Waals surface area contributed by atoms with Crippen molar-refractivity contribution in [1.82, 2.24) is 20.3 Å². The summed E-state index contributed by atoms with van der Waals surface area (Å²) in [5.74, 6) is 1.66. The SMILES string of the molecule is CNc1nc(NC2CNC(=O)C2)nc(N2CCOCC2)n1. The number of nitrogens with one attached hydrogen (secondary N) is 3. The van der Waals surface area contributed by atoms with Gasteiger partial charge in [-0.2, -0.15) is 15.0 Å². The van der Waals surface area contributed by atoms with E-state index in [1.807, 2.05) is 0 Å². The summed E-state index contributed by atoms with van der Waals surface area (Å²) in [6.45, 7) is 3.45. The molecule has 114 valence electrons. The Kier molecular flexibility index (Phi) is 4.00. The molecule has 1 aromatic heterocycles. The predicted octanol–water partition coefficient (Wildman–Crippen LogP) is -0.950. The Bertz CT molecular complexity index is 518. The van der Waals surface area contributed by atoms with Gasteiger partial charge < -0.3 is 25.6 Å². The highest BCUT2D eigenvalue weighted by atomic mass is 16.5. The topological polar surface area (TPSA) is 104 Å². The van der Waals surface area contributed by atoms with Crippen molar-refractivity contribution in [3.63, 3.8) is 0 Å². The fraction of sp³-hybridized carbons (Fsp3) is 0.667. The van der Waals surface area contributed by atoms with Gasteiger partial charge in [-0.1, -0.05) is 0 Å². The maximum Gasteiger partial charge on any atom is 0.232 e. The lowest BCUT2D eigenvalue weighted by Gasteiger charge is -2.27. The number of aromatic nitrogens is 3. The first-order chi connectivity index (χ1) is 10.2. The summed E-state index contributed by atoms with van der Waals surface area (Å²) < 4.78 is 5.34. The molecule has 2 saturated heterocycles. The summed E-state index contributed by atoms with van der Waals surface area (Å²) in [7, 11) is 1.77. The smallest absolute Gasteiger partial charge is 0.232 e. The molecule has 1 atom stereocenters. The van der Waals surface area contributed by atoms with Crippen molar-refractivity contribution in [2.75, 3.05) is 55.4 Å². The van der Waals surface area contributed by atoms with Crippen LogP contribution in [0.5, 0.6) is 0 Å². The number of amides is 1. The zero-order chi connectivity index (χ0) is 14.7. The molecule has 3 heterocycles. The van der Waals surface area contributed by atoms with Gasteiger partial charge in [0.2, 0.25) is 23.8 Å². The molecule has 2 aliphatic rings. The van der Waals surface area contributed by atoms with E-state index in [1.54, 1.807) is 7.05 Å². The molecule has 1 unspecified atom stereocenters. The summed E-state index contributed by atoms with van der Waals surface area (Å²) in [6.07, 6.45) is 0.438. The van der Waals surface area contributed by atoms with Gasteiger partial charge in [-0.3, -0.25) is 4.79 Å². The van der Waals surface area contributed by atoms with Crippen LogP contribution in [-0.4, -0.2) is 66.8 Å². The second kappa shape index (κ2) is 6.08. The van der Waals surface area contributed by atoms with Crippen LogP contribution in [0.3, 0.4) is 0 Å². The third-order valence-electron chi connectivity index (χ3n) is 3.45. The Morgan fingerprint density at radius 1 is 1.24 bits per heavy atom. The van der Waals surface area contributed by atoms with Crippen LogP contribution in [0, 0.1) is 0 Å². The summed E-state index contributed by atoms with van der Waals surface area (Å²) in [5.41, 5.74) is 0. The Labute approximate surface area is 122 Å². The van der Waals surface area contributed by atoms with Crippen LogP contribution in [0.1, 0.15) is 6.42 Å². The number of nitrogens with zero attached hydrogens (tertiary/aromatic N) is 4. The van der Waals surface area contributed by atoms with Crippen LogP contribution in [0.4, 0.5) is 17.8 Å². The van der Waals surface area contributed by atoms with Crippen molar-refractivity contribution in [2.24, 2.45) is 0 Å². The second-order valence-corrected chi connectivity index (χ2v) is 4.98. The fourth-order valence-electron chi connectivity index (χ4n) is 2.34. The van der Waals surface area contributed by atoms with Gasteiger partial charge in [0.25, 0.3) is 0 Å². The maximum atomic E-state index is 11.2. The van der Waals surface area contributed by atoms with Crippen molar-refractivity contribution < 1.29 is 9.53 Å². The van der Waals surface area contributed by atoms with E-state index in [9.17, 15) is 4.79 Å². The number of morpholine rings is 1. The molecular weight excluding hydrogens is 274 g/mol.